The molecule has 0 aliphatic heterocycles. The lowest BCUT2D eigenvalue weighted by atomic mass is 10.1. The number of methoxy groups -OCH3 is 1. The minimum atomic E-state index is -0.913. The number of benzene rings is 2. The van der Waals surface area contributed by atoms with Crippen LogP contribution in [0.2, 0.25) is 5.02 Å². The molecule has 0 bridgehead atoms. The highest BCUT2D eigenvalue weighted by atomic mass is 35.5. The summed E-state index contributed by atoms with van der Waals surface area (Å²) in [6.07, 6.45) is 2.00. The fraction of sp³-hybridized carbons (Fsp3) is 0.167. The number of amides is 2. The van der Waals surface area contributed by atoms with Crippen molar-refractivity contribution < 1.29 is 19.4 Å². The Morgan fingerprint density at radius 2 is 2.00 bits per heavy atom. The molecular formula is C18H18ClN3O4. The number of hydrazone groups is 1. The maximum absolute atomic E-state index is 12.0. The summed E-state index contributed by atoms with van der Waals surface area (Å²) < 4.78 is 4.97. The van der Waals surface area contributed by atoms with E-state index in [0.29, 0.717) is 11.3 Å². The van der Waals surface area contributed by atoms with Gasteiger partial charge in [-0.25, -0.2) is 5.43 Å². The number of carbonyl (C=O) groups is 2. The Hall–Kier alpha value is -3.06. The molecule has 8 heteroatoms. The summed E-state index contributed by atoms with van der Waals surface area (Å²) in [5.41, 5.74) is 4.10. The summed E-state index contributed by atoms with van der Waals surface area (Å²) >= 11 is 5.87. The van der Waals surface area contributed by atoms with Crippen LogP contribution in [0.1, 0.15) is 18.1 Å². The first-order valence-corrected chi connectivity index (χ1v) is 8.12. The molecule has 136 valence electrons. The van der Waals surface area contributed by atoms with Gasteiger partial charge in [-0.3, -0.25) is 9.59 Å². The van der Waals surface area contributed by atoms with Crippen molar-refractivity contribution in [2.75, 3.05) is 12.4 Å². The number of phenols is 1. The number of nitrogens with zero attached hydrogens (tertiary/aromatic N) is 1. The summed E-state index contributed by atoms with van der Waals surface area (Å²) in [6, 6.07) is 10.1. The molecule has 2 rings (SSSR count). The molecular weight excluding hydrogens is 358 g/mol. The van der Waals surface area contributed by atoms with E-state index in [9.17, 15) is 14.7 Å². The van der Waals surface area contributed by atoms with Gasteiger partial charge < -0.3 is 15.2 Å². The van der Waals surface area contributed by atoms with E-state index >= 15 is 0 Å². The van der Waals surface area contributed by atoms with E-state index in [0.717, 1.165) is 12.0 Å². The Morgan fingerprint density at radius 1 is 1.27 bits per heavy atom. The van der Waals surface area contributed by atoms with Gasteiger partial charge in [0.05, 0.1) is 18.3 Å². The van der Waals surface area contributed by atoms with Crippen molar-refractivity contribution in [3.05, 3.63) is 52.5 Å². The van der Waals surface area contributed by atoms with Crippen LogP contribution in [0.25, 0.3) is 0 Å². The van der Waals surface area contributed by atoms with Gasteiger partial charge in [0.15, 0.2) is 11.5 Å². The van der Waals surface area contributed by atoms with Gasteiger partial charge in [-0.15, -0.1) is 0 Å². The first-order chi connectivity index (χ1) is 12.5. The van der Waals surface area contributed by atoms with Gasteiger partial charge in [-0.1, -0.05) is 36.7 Å². The SMILES string of the molecule is CCc1ccccc1NC(=O)C(=O)N/N=C\c1cc(Cl)c(O)c(OC)c1. The predicted molar refractivity (Wildman–Crippen MR) is 99.9 cm³/mol. The van der Waals surface area contributed by atoms with E-state index in [2.05, 4.69) is 15.8 Å². The lowest BCUT2D eigenvalue weighted by Gasteiger charge is -2.08. The molecule has 0 saturated carbocycles. The Balaban J connectivity index is 2.00. The number of nitrogens with one attached hydrogen (secondary N) is 2. The second-order valence-electron chi connectivity index (χ2n) is 5.22. The quantitative estimate of drug-likeness (QED) is 0.425. The highest BCUT2D eigenvalue weighted by Gasteiger charge is 2.14. The maximum Gasteiger partial charge on any atom is 0.329 e. The standard InChI is InChI=1S/C18H18ClN3O4/c1-3-12-6-4-5-7-14(12)21-17(24)18(25)22-20-10-11-8-13(19)16(23)15(9-11)26-2/h4-10,23H,3H2,1-2H3,(H,21,24)(H,22,25)/b20-10-. The molecule has 0 radical (unpaired) electrons. The van der Waals surface area contributed by atoms with Crippen LogP contribution in [-0.4, -0.2) is 30.2 Å². The Bertz CT molecular complexity index is 852. The third-order valence-electron chi connectivity index (χ3n) is 3.50. The summed E-state index contributed by atoms with van der Waals surface area (Å²) in [5, 5.41) is 16.0. The molecule has 3 N–H and O–H groups in total. The van der Waals surface area contributed by atoms with Gasteiger partial charge in [0.1, 0.15) is 0 Å². The largest absolute Gasteiger partial charge is 0.503 e. The van der Waals surface area contributed by atoms with E-state index in [4.69, 9.17) is 16.3 Å². The topological polar surface area (TPSA) is 100 Å². The molecule has 2 amide bonds. The average Bonchev–Trinajstić information content (AvgIpc) is 2.64. The fourth-order valence-electron chi connectivity index (χ4n) is 2.17. The Morgan fingerprint density at radius 3 is 2.69 bits per heavy atom. The van der Waals surface area contributed by atoms with Crippen LogP contribution in [0.3, 0.4) is 0 Å². The molecule has 0 aromatic heterocycles. The van der Waals surface area contributed by atoms with Crippen molar-refractivity contribution in [3.8, 4) is 11.5 Å². The second kappa shape index (κ2) is 8.87. The molecule has 0 heterocycles. The minimum Gasteiger partial charge on any atom is -0.503 e. The summed E-state index contributed by atoms with van der Waals surface area (Å²) in [7, 11) is 1.38. The van der Waals surface area contributed by atoms with Gasteiger partial charge in [0.2, 0.25) is 0 Å². The number of hydrogen-bond acceptors (Lipinski definition) is 5. The number of aryl methyl sites for hydroxylation is 1. The van der Waals surface area contributed by atoms with Gasteiger partial charge in [-0.2, -0.15) is 5.10 Å². The van der Waals surface area contributed by atoms with Crippen LogP contribution >= 0.6 is 11.6 Å². The van der Waals surface area contributed by atoms with Gasteiger partial charge >= 0.3 is 11.8 Å². The fourth-order valence-corrected chi connectivity index (χ4v) is 2.39. The number of rotatable bonds is 5. The van der Waals surface area contributed by atoms with E-state index in [-0.39, 0.29) is 16.5 Å². The zero-order valence-electron chi connectivity index (χ0n) is 14.2. The number of hydrogen-bond donors (Lipinski definition) is 3. The molecule has 0 saturated heterocycles. The van der Waals surface area contributed by atoms with Crippen molar-refractivity contribution in [3.63, 3.8) is 0 Å². The molecule has 0 spiro atoms. The van der Waals surface area contributed by atoms with Gasteiger partial charge in [-0.05, 0) is 35.7 Å². The molecule has 0 aliphatic carbocycles. The molecule has 0 aliphatic rings. The zero-order valence-corrected chi connectivity index (χ0v) is 15.0. The summed E-state index contributed by atoms with van der Waals surface area (Å²) in [5.74, 6) is -1.77. The van der Waals surface area contributed by atoms with Crippen LogP contribution in [-0.2, 0) is 16.0 Å². The zero-order chi connectivity index (χ0) is 19.1. The van der Waals surface area contributed by atoms with Crippen LogP contribution in [0.15, 0.2) is 41.5 Å². The molecule has 26 heavy (non-hydrogen) atoms. The molecule has 0 unspecified atom stereocenters. The minimum absolute atomic E-state index is 0.0750. The average molecular weight is 376 g/mol. The van der Waals surface area contributed by atoms with Crippen LogP contribution in [0.4, 0.5) is 5.69 Å². The van der Waals surface area contributed by atoms with E-state index in [1.807, 2.05) is 19.1 Å². The van der Waals surface area contributed by atoms with Crippen LogP contribution < -0.4 is 15.5 Å². The van der Waals surface area contributed by atoms with Crippen LogP contribution in [0, 0.1) is 0 Å². The van der Waals surface area contributed by atoms with Crippen molar-refractivity contribution in [2.45, 2.75) is 13.3 Å². The predicted octanol–water partition coefficient (Wildman–Crippen LogP) is 2.71. The number of aromatic hydroxyl groups is 1. The summed E-state index contributed by atoms with van der Waals surface area (Å²) in [6.45, 7) is 1.95. The number of halogens is 1. The van der Waals surface area contributed by atoms with Crippen molar-refractivity contribution in [1.29, 1.82) is 0 Å². The van der Waals surface area contributed by atoms with Crippen molar-refractivity contribution in [1.82, 2.24) is 5.43 Å². The normalized spacial score (nSPS) is 10.6. The van der Waals surface area contributed by atoms with E-state index in [1.54, 1.807) is 12.1 Å². The number of phenolic OH excluding ortho intramolecular Hbond substituents is 1. The van der Waals surface area contributed by atoms with E-state index < -0.39 is 11.8 Å². The molecule has 7 nitrogen and oxygen atoms in total. The van der Waals surface area contributed by atoms with Crippen molar-refractivity contribution >= 4 is 35.3 Å². The first-order valence-electron chi connectivity index (χ1n) is 7.75. The second-order valence-corrected chi connectivity index (χ2v) is 5.62. The third kappa shape index (κ3) is 4.73. The number of ether oxygens (including phenoxy) is 1. The maximum atomic E-state index is 12.0. The highest BCUT2D eigenvalue weighted by Crippen LogP contribution is 2.34. The van der Waals surface area contributed by atoms with E-state index in [1.165, 1.54) is 25.5 Å². The molecule has 2 aromatic carbocycles. The first kappa shape index (κ1) is 19.3. The molecule has 0 fully saturated rings. The number of para-hydroxylation sites is 1. The Kier molecular flexibility index (Phi) is 6.57. The smallest absolute Gasteiger partial charge is 0.329 e. The summed E-state index contributed by atoms with van der Waals surface area (Å²) in [4.78, 5) is 23.8. The van der Waals surface area contributed by atoms with Gasteiger partial charge in [0.25, 0.3) is 0 Å². The lowest BCUT2D eigenvalue weighted by molar-refractivity contribution is -0.136. The molecule has 2 aromatic rings. The lowest BCUT2D eigenvalue weighted by Crippen LogP contribution is -2.32. The highest BCUT2D eigenvalue weighted by molar-refractivity contribution is 6.39. The van der Waals surface area contributed by atoms with Crippen LogP contribution in [0.5, 0.6) is 11.5 Å². The third-order valence-corrected chi connectivity index (χ3v) is 3.79. The number of carbonyl (C=O) groups excluding carboxylic acids is 2. The van der Waals surface area contributed by atoms with Gasteiger partial charge in [0, 0.05) is 5.69 Å². The number of anilines is 1. The Labute approximate surface area is 155 Å². The molecule has 0 atom stereocenters. The van der Waals surface area contributed by atoms with Crippen molar-refractivity contribution in [2.24, 2.45) is 5.10 Å². The monoisotopic (exact) mass is 375 g/mol.